The van der Waals surface area contributed by atoms with Crippen molar-refractivity contribution >= 4 is 66.8 Å². The molecule has 14 heteroatoms. The van der Waals surface area contributed by atoms with Crippen LogP contribution in [-0.4, -0.2) is 51.8 Å². The number of sulfonamides is 2. The number of unbranched alkanes of at least 4 members (excludes halogenated alkanes) is 2. The first-order valence-electron chi connectivity index (χ1n) is 13.4. The number of hydrogen-bond acceptors (Lipinski definition) is 8. The van der Waals surface area contributed by atoms with E-state index in [1.54, 1.807) is 24.3 Å². The van der Waals surface area contributed by atoms with Crippen molar-refractivity contribution in [2.24, 2.45) is 0 Å². The number of carbonyl (C=O) groups excluding carboxylic acids is 1. The van der Waals surface area contributed by atoms with Crippen LogP contribution < -0.4 is 4.72 Å². The third-order valence-electron chi connectivity index (χ3n) is 6.50. The third-order valence-corrected chi connectivity index (χ3v) is 11.5. The molecule has 1 N–H and O–H groups in total. The summed E-state index contributed by atoms with van der Waals surface area (Å²) in [4.78, 5) is 18.4. The van der Waals surface area contributed by atoms with Crippen molar-refractivity contribution in [2.75, 3.05) is 24.4 Å². The highest BCUT2D eigenvalue weighted by Gasteiger charge is 2.26. The van der Waals surface area contributed by atoms with Gasteiger partial charge in [0.1, 0.15) is 10.7 Å². The van der Waals surface area contributed by atoms with Gasteiger partial charge in [0, 0.05) is 34.1 Å². The first-order valence-corrected chi connectivity index (χ1v) is 17.9. The van der Waals surface area contributed by atoms with E-state index in [9.17, 15) is 21.6 Å². The standard InChI is InChI=1S/C28H31Cl2N3O6S3/c1-2-3-7-16-39-28(34)23-18-27(32-41(35,36)26-13-8-20(29)17-24(26)30)31-19-25(23)40-21-9-11-22(12-10-21)42(37,38)33-14-5-4-6-15-33/h8-13,17-19H,2-7,14-16H2,1H3,(H,31,32). The number of carbonyl (C=O) groups is 1. The molecule has 1 aliphatic heterocycles. The Kier molecular flexibility index (Phi) is 11.2. The van der Waals surface area contributed by atoms with Crippen LogP contribution in [0.25, 0.3) is 0 Å². The molecule has 0 radical (unpaired) electrons. The predicted octanol–water partition coefficient (Wildman–Crippen LogP) is 6.86. The van der Waals surface area contributed by atoms with Gasteiger partial charge in [-0.05, 0) is 67.8 Å². The number of esters is 1. The number of halogens is 2. The summed E-state index contributed by atoms with van der Waals surface area (Å²) in [5, 5.41) is 0.215. The van der Waals surface area contributed by atoms with Gasteiger partial charge in [-0.1, -0.05) is 61.1 Å². The summed E-state index contributed by atoms with van der Waals surface area (Å²) in [5.74, 6) is -0.737. The van der Waals surface area contributed by atoms with E-state index in [4.69, 9.17) is 27.9 Å². The monoisotopic (exact) mass is 671 g/mol. The molecule has 0 saturated carbocycles. The molecule has 1 saturated heterocycles. The number of ether oxygens (including phenoxy) is 1. The lowest BCUT2D eigenvalue weighted by atomic mass is 10.2. The maximum absolute atomic E-state index is 13.1. The summed E-state index contributed by atoms with van der Waals surface area (Å²) in [6, 6.07) is 11.7. The van der Waals surface area contributed by atoms with Crippen molar-refractivity contribution in [3.8, 4) is 0 Å². The van der Waals surface area contributed by atoms with Crippen LogP contribution in [0.15, 0.2) is 74.3 Å². The average Bonchev–Trinajstić information content (AvgIpc) is 2.96. The minimum absolute atomic E-state index is 0.0662. The second-order valence-corrected chi connectivity index (χ2v) is 15.2. The number of nitrogens with zero attached hydrogens (tertiary/aromatic N) is 2. The van der Waals surface area contributed by atoms with Gasteiger partial charge in [-0.15, -0.1) is 0 Å². The van der Waals surface area contributed by atoms with Crippen LogP contribution in [-0.2, 0) is 24.8 Å². The van der Waals surface area contributed by atoms with Crippen molar-refractivity contribution in [1.82, 2.24) is 9.29 Å². The van der Waals surface area contributed by atoms with Crippen molar-refractivity contribution in [1.29, 1.82) is 0 Å². The van der Waals surface area contributed by atoms with Crippen molar-refractivity contribution < 1.29 is 26.4 Å². The number of pyridine rings is 1. The molecule has 1 fully saturated rings. The van der Waals surface area contributed by atoms with Gasteiger partial charge < -0.3 is 4.74 Å². The zero-order chi connectivity index (χ0) is 30.3. The molecule has 1 aliphatic rings. The molecular formula is C28H31Cl2N3O6S3. The van der Waals surface area contributed by atoms with Gasteiger partial charge in [-0.25, -0.2) is 26.6 Å². The molecule has 2 heterocycles. The Labute approximate surface area is 261 Å². The highest BCUT2D eigenvalue weighted by Crippen LogP contribution is 2.34. The highest BCUT2D eigenvalue weighted by atomic mass is 35.5. The molecule has 0 spiro atoms. The smallest absolute Gasteiger partial charge is 0.339 e. The molecule has 1 aromatic heterocycles. The van der Waals surface area contributed by atoms with Crippen LogP contribution in [0.5, 0.6) is 0 Å². The van der Waals surface area contributed by atoms with Crippen LogP contribution >= 0.6 is 35.0 Å². The number of benzene rings is 2. The molecule has 42 heavy (non-hydrogen) atoms. The largest absolute Gasteiger partial charge is 0.462 e. The van der Waals surface area contributed by atoms with Crippen LogP contribution in [0.3, 0.4) is 0 Å². The van der Waals surface area contributed by atoms with Crippen LogP contribution in [0, 0.1) is 0 Å². The predicted molar refractivity (Wildman–Crippen MR) is 164 cm³/mol. The van der Waals surface area contributed by atoms with E-state index in [2.05, 4.69) is 9.71 Å². The topological polar surface area (TPSA) is 123 Å². The molecule has 0 atom stereocenters. The van der Waals surface area contributed by atoms with E-state index in [1.807, 2.05) is 6.92 Å². The summed E-state index contributed by atoms with van der Waals surface area (Å²) >= 11 is 13.2. The summed E-state index contributed by atoms with van der Waals surface area (Å²) in [6.07, 6.45) is 6.62. The fraction of sp³-hybridized carbons (Fsp3) is 0.357. The summed E-state index contributed by atoms with van der Waals surface area (Å²) in [5.41, 5.74) is 0.108. The quantitative estimate of drug-likeness (QED) is 0.164. The molecule has 0 bridgehead atoms. The SMILES string of the molecule is CCCCCOC(=O)c1cc(NS(=O)(=O)c2ccc(Cl)cc2Cl)ncc1Sc1ccc(S(=O)(=O)N2CCCCC2)cc1. The summed E-state index contributed by atoms with van der Waals surface area (Å²) in [7, 11) is -7.73. The molecule has 3 aromatic rings. The Morgan fingerprint density at radius 3 is 2.38 bits per heavy atom. The minimum atomic E-state index is -4.15. The molecule has 2 aromatic carbocycles. The molecule has 9 nitrogen and oxygen atoms in total. The van der Waals surface area contributed by atoms with Gasteiger partial charge >= 0.3 is 5.97 Å². The van der Waals surface area contributed by atoms with Crippen molar-refractivity contribution in [3.63, 3.8) is 0 Å². The Morgan fingerprint density at radius 2 is 1.71 bits per heavy atom. The van der Waals surface area contributed by atoms with E-state index in [0.717, 1.165) is 32.1 Å². The fourth-order valence-electron chi connectivity index (χ4n) is 4.28. The molecule has 0 amide bonds. The maximum atomic E-state index is 13.1. The normalized spacial score (nSPS) is 14.5. The number of anilines is 1. The minimum Gasteiger partial charge on any atom is -0.462 e. The number of aromatic nitrogens is 1. The number of rotatable bonds is 12. The second-order valence-electron chi connectivity index (χ2n) is 9.63. The Bertz CT molecular complexity index is 1630. The van der Waals surface area contributed by atoms with Gasteiger partial charge in [0.15, 0.2) is 0 Å². The van der Waals surface area contributed by atoms with Gasteiger partial charge in [-0.2, -0.15) is 4.31 Å². The Hall–Kier alpha value is -2.35. The first kappa shape index (κ1) is 32.6. The second kappa shape index (κ2) is 14.4. The maximum Gasteiger partial charge on any atom is 0.339 e. The summed E-state index contributed by atoms with van der Waals surface area (Å²) in [6.45, 7) is 3.26. The lowest BCUT2D eigenvalue weighted by Gasteiger charge is -2.25. The third kappa shape index (κ3) is 8.18. The fourth-order valence-corrected chi connectivity index (χ4v) is 8.45. The van der Waals surface area contributed by atoms with Crippen LogP contribution in [0.1, 0.15) is 55.8 Å². The molecule has 0 aliphatic carbocycles. The van der Waals surface area contributed by atoms with Crippen LogP contribution in [0.2, 0.25) is 10.0 Å². The van der Waals surface area contributed by atoms with Crippen molar-refractivity contribution in [2.45, 2.75) is 65.0 Å². The van der Waals surface area contributed by atoms with Gasteiger partial charge in [0.25, 0.3) is 10.0 Å². The van der Waals surface area contributed by atoms with E-state index in [0.29, 0.717) is 29.3 Å². The molecular weight excluding hydrogens is 641 g/mol. The van der Waals surface area contributed by atoms with Crippen molar-refractivity contribution in [3.05, 3.63) is 70.3 Å². The average molecular weight is 673 g/mol. The van der Waals surface area contributed by atoms with E-state index < -0.39 is 26.0 Å². The van der Waals surface area contributed by atoms with E-state index in [1.165, 1.54) is 46.5 Å². The number of nitrogens with one attached hydrogen (secondary N) is 1. The lowest BCUT2D eigenvalue weighted by Crippen LogP contribution is -2.35. The Balaban J connectivity index is 1.59. The first-order chi connectivity index (χ1) is 20.0. The van der Waals surface area contributed by atoms with E-state index in [-0.39, 0.29) is 37.8 Å². The highest BCUT2D eigenvalue weighted by molar-refractivity contribution is 7.99. The zero-order valence-electron chi connectivity index (χ0n) is 22.9. The molecule has 0 unspecified atom stereocenters. The number of hydrogen-bond donors (Lipinski definition) is 1. The van der Waals surface area contributed by atoms with Gasteiger partial charge in [-0.3, -0.25) is 4.72 Å². The number of piperidine rings is 1. The lowest BCUT2D eigenvalue weighted by molar-refractivity contribution is 0.0494. The Morgan fingerprint density at radius 1 is 1.00 bits per heavy atom. The molecule has 4 rings (SSSR count). The van der Waals surface area contributed by atoms with Gasteiger partial charge in [0.05, 0.1) is 22.1 Å². The summed E-state index contributed by atoms with van der Waals surface area (Å²) < 4.78 is 61.4. The zero-order valence-corrected chi connectivity index (χ0v) is 26.8. The van der Waals surface area contributed by atoms with Gasteiger partial charge in [0.2, 0.25) is 10.0 Å². The van der Waals surface area contributed by atoms with Crippen LogP contribution in [0.4, 0.5) is 5.82 Å². The molecule has 226 valence electrons. The van der Waals surface area contributed by atoms with E-state index >= 15 is 0 Å².